The predicted molar refractivity (Wildman–Crippen MR) is 264 cm³/mol. The molecule has 1 aliphatic heterocycles. The van der Waals surface area contributed by atoms with Crippen molar-refractivity contribution in [2.24, 2.45) is 0 Å². The summed E-state index contributed by atoms with van der Waals surface area (Å²) in [5.41, 5.74) is 8.30. The maximum atomic E-state index is 17.4. The fraction of sp³-hybridized carbons (Fsp3) is 0.0175. The van der Waals surface area contributed by atoms with Gasteiger partial charge >= 0.3 is 0 Å². The smallest absolute Gasteiger partial charge is 0.188 e. The van der Waals surface area contributed by atoms with Crippen molar-refractivity contribution in [3.05, 3.63) is 236 Å². The number of rotatable bonds is 6. The number of anilines is 3. The number of imidazole rings is 1. The van der Waals surface area contributed by atoms with E-state index in [1.807, 2.05) is 67.1 Å². The fourth-order valence-electron chi connectivity index (χ4n) is 10.7. The van der Waals surface area contributed by atoms with E-state index in [0.29, 0.717) is 11.1 Å². The summed E-state index contributed by atoms with van der Waals surface area (Å²) in [5.74, 6) is 0.850. The van der Waals surface area contributed by atoms with Gasteiger partial charge in [0.05, 0.1) is 22.2 Å². The highest BCUT2D eigenvalue weighted by Crippen LogP contribution is 2.43. The molecule has 0 radical (unpaired) electrons. The highest BCUT2D eigenvalue weighted by atomic mass is 28.3. The molecule has 5 heterocycles. The minimum absolute atomic E-state index is 0.565. The molecule has 7 heteroatoms. The summed E-state index contributed by atoms with van der Waals surface area (Å²) in [6, 6.07) is 72.7. The lowest BCUT2D eigenvalue weighted by Gasteiger charge is -2.44. The van der Waals surface area contributed by atoms with Gasteiger partial charge in [-0.1, -0.05) is 152 Å². The lowest BCUT2D eigenvalue weighted by molar-refractivity contribution is 0.402. The van der Waals surface area contributed by atoms with Crippen LogP contribution in [-0.4, -0.2) is 27.0 Å². The summed E-state index contributed by atoms with van der Waals surface area (Å²) in [6.07, 6.45) is 4.28. The Labute approximate surface area is 369 Å². The monoisotopic (exact) mass is 839 g/mol. The van der Waals surface area contributed by atoms with Crippen LogP contribution in [0.5, 0.6) is 0 Å². The van der Waals surface area contributed by atoms with Crippen molar-refractivity contribution in [3.63, 3.8) is 0 Å². The first-order valence-electron chi connectivity index (χ1n) is 21.7. The number of para-hydroxylation sites is 3. The van der Waals surface area contributed by atoms with Crippen LogP contribution in [0.15, 0.2) is 225 Å². The maximum Gasteiger partial charge on any atom is 0.188 e. The van der Waals surface area contributed by atoms with Crippen LogP contribution in [0.2, 0.25) is 0 Å². The van der Waals surface area contributed by atoms with Crippen molar-refractivity contribution < 1.29 is 4.39 Å². The molecule has 1 aliphatic rings. The molecule has 8 aromatic carbocycles. The molecule has 1 atom stereocenters. The van der Waals surface area contributed by atoms with E-state index in [0.717, 1.165) is 61.2 Å². The SMILES string of the molecule is FC(c1cccc(N2c3ccc4c5ccccc5n(-c5ccccc5)c4c3[Si](c3ccccc3)(c3ccccc3)c3cccnc32)c1)c1ccc2c3ccccc3n3ccnc3c2c1. The molecule has 1 unspecified atom stereocenters. The first kappa shape index (κ1) is 36.5. The Morgan fingerprint density at radius 1 is 0.469 bits per heavy atom. The van der Waals surface area contributed by atoms with Gasteiger partial charge in [0.25, 0.3) is 0 Å². The van der Waals surface area contributed by atoms with E-state index >= 15 is 4.39 Å². The molecule has 13 rings (SSSR count). The van der Waals surface area contributed by atoms with Crippen LogP contribution in [-0.2, 0) is 0 Å². The molecule has 0 aliphatic carbocycles. The third kappa shape index (κ3) is 5.16. The Kier molecular flexibility index (Phi) is 8.10. The molecule has 0 saturated heterocycles. The summed E-state index contributed by atoms with van der Waals surface area (Å²) in [4.78, 5) is 12.3. The zero-order chi connectivity index (χ0) is 42.4. The van der Waals surface area contributed by atoms with E-state index in [-0.39, 0.29) is 0 Å². The van der Waals surface area contributed by atoms with Gasteiger partial charge in [-0.05, 0) is 86.7 Å². The molecule has 0 N–H and O–H groups in total. The fourth-order valence-corrected chi connectivity index (χ4v) is 16.0. The Morgan fingerprint density at radius 3 is 1.88 bits per heavy atom. The molecule has 0 amide bonds. The van der Waals surface area contributed by atoms with Gasteiger partial charge in [0, 0.05) is 56.7 Å². The second kappa shape index (κ2) is 14.2. The Hall–Kier alpha value is -8.13. The number of fused-ring (bicyclic) bond motifs is 12. The van der Waals surface area contributed by atoms with E-state index in [1.54, 1.807) is 0 Å². The van der Waals surface area contributed by atoms with Gasteiger partial charge in [-0.15, -0.1) is 0 Å². The van der Waals surface area contributed by atoms with E-state index in [1.165, 1.54) is 31.5 Å². The number of pyridine rings is 2. The number of hydrogen-bond acceptors (Lipinski definition) is 3. The van der Waals surface area contributed by atoms with Crippen LogP contribution < -0.4 is 25.6 Å². The first-order chi connectivity index (χ1) is 31.7. The van der Waals surface area contributed by atoms with Crippen LogP contribution in [0.1, 0.15) is 17.3 Å². The molecule has 302 valence electrons. The van der Waals surface area contributed by atoms with Crippen molar-refractivity contribution in [1.82, 2.24) is 18.9 Å². The molecule has 0 saturated carbocycles. The largest absolute Gasteiger partial charge is 0.309 e. The summed E-state index contributed by atoms with van der Waals surface area (Å²) in [5, 5.41) is 10.4. The van der Waals surface area contributed by atoms with E-state index in [9.17, 15) is 0 Å². The van der Waals surface area contributed by atoms with Gasteiger partial charge in [0.15, 0.2) is 14.2 Å². The Bertz CT molecular complexity index is 3730. The molecular weight excluding hydrogens is 802 g/mol. The average molecular weight is 840 g/mol. The Morgan fingerprint density at radius 2 is 1.11 bits per heavy atom. The van der Waals surface area contributed by atoms with Gasteiger partial charge in [-0.3, -0.25) is 9.30 Å². The summed E-state index contributed by atoms with van der Waals surface area (Å²) < 4.78 is 22.0. The van der Waals surface area contributed by atoms with Gasteiger partial charge < -0.3 is 4.57 Å². The predicted octanol–water partition coefficient (Wildman–Crippen LogP) is 11.4. The summed E-state index contributed by atoms with van der Waals surface area (Å²) >= 11 is 0. The second-order valence-corrected chi connectivity index (χ2v) is 20.3. The molecule has 0 fully saturated rings. The van der Waals surface area contributed by atoms with Gasteiger partial charge in [-0.2, -0.15) is 0 Å². The standard InChI is InChI=1S/C57H38FN5Si/c58-53(39-29-30-44-45-24-10-12-26-49(45)61-35-34-60-56(61)48(44)37-39)38-16-14-19-41(36-38)63-51-32-31-47-46-25-11-13-27-50(46)62(40-17-4-1-5-18-40)54(47)55(51)64(42-20-6-2-7-21-42,43-22-8-3-9-23-43)52-28-15-33-59-57(52)63/h1-37,53H. The average Bonchev–Trinajstić information content (AvgIpc) is 4.00. The molecule has 0 bridgehead atoms. The molecule has 12 aromatic rings. The van der Waals surface area contributed by atoms with Gasteiger partial charge in [0.2, 0.25) is 0 Å². The van der Waals surface area contributed by atoms with E-state index < -0.39 is 14.2 Å². The number of nitrogens with zero attached hydrogens (tertiary/aromatic N) is 5. The number of hydrogen-bond donors (Lipinski definition) is 0. The minimum Gasteiger partial charge on any atom is -0.309 e. The maximum absolute atomic E-state index is 17.4. The van der Waals surface area contributed by atoms with Crippen LogP contribution in [0, 0.1) is 0 Å². The van der Waals surface area contributed by atoms with E-state index in [2.05, 4.69) is 172 Å². The highest BCUT2D eigenvalue weighted by Gasteiger charge is 2.51. The molecule has 4 aromatic heterocycles. The van der Waals surface area contributed by atoms with Crippen molar-refractivity contribution >= 4 is 95.1 Å². The van der Waals surface area contributed by atoms with Crippen molar-refractivity contribution in [1.29, 1.82) is 0 Å². The lowest BCUT2D eigenvalue weighted by atomic mass is 9.97. The number of benzene rings is 8. The highest BCUT2D eigenvalue weighted by molar-refractivity contribution is 7.22. The third-order valence-corrected chi connectivity index (χ3v) is 18.2. The van der Waals surface area contributed by atoms with Gasteiger partial charge in [0.1, 0.15) is 11.5 Å². The molecule has 64 heavy (non-hydrogen) atoms. The third-order valence-electron chi connectivity index (χ3n) is 13.4. The lowest BCUT2D eigenvalue weighted by Crippen LogP contribution is -2.77. The van der Waals surface area contributed by atoms with Crippen LogP contribution in [0.4, 0.5) is 21.6 Å². The molecule has 5 nitrogen and oxygen atoms in total. The van der Waals surface area contributed by atoms with Gasteiger partial charge in [-0.25, -0.2) is 14.4 Å². The van der Waals surface area contributed by atoms with Crippen LogP contribution >= 0.6 is 0 Å². The zero-order valence-corrected chi connectivity index (χ0v) is 35.6. The minimum atomic E-state index is -3.20. The van der Waals surface area contributed by atoms with Crippen molar-refractivity contribution in [2.45, 2.75) is 6.17 Å². The molecule has 0 spiro atoms. The van der Waals surface area contributed by atoms with Crippen molar-refractivity contribution in [3.8, 4) is 5.69 Å². The Balaban J connectivity index is 1.09. The van der Waals surface area contributed by atoms with Crippen molar-refractivity contribution in [2.75, 3.05) is 4.90 Å². The normalized spacial score (nSPS) is 13.7. The molecular formula is C57H38FN5Si. The number of aromatic nitrogens is 4. The first-order valence-corrected chi connectivity index (χ1v) is 23.7. The quantitative estimate of drug-likeness (QED) is 0.124. The van der Waals surface area contributed by atoms with E-state index in [4.69, 9.17) is 9.97 Å². The second-order valence-electron chi connectivity index (χ2n) is 16.6. The summed E-state index contributed by atoms with van der Waals surface area (Å²) in [7, 11) is -3.20. The van der Waals surface area contributed by atoms with Crippen LogP contribution in [0.3, 0.4) is 0 Å². The zero-order valence-electron chi connectivity index (χ0n) is 34.6. The van der Waals surface area contributed by atoms with Crippen LogP contribution in [0.25, 0.3) is 54.8 Å². The number of alkyl halides is 1. The summed E-state index contributed by atoms with van der Waals surface area (Å²) in [6.45, 7) is 0. The topological polar surface area (TPSA) is 38.4 Å². The number of halogens is 1.